The molecule has 0 aliphatic carbocycles. The quantitative estimate of drug-likeness (QED) is 0.202. The molecule has 0 fully saturated rings. The predicted molar refractivity (Wildman–Crippen MR) is 78.8 cm³/mol. The van der Waals surface area contributed by atoms with Crippen molar-refractivity contribution in [2.45, 2.75) is 13.8 Å². The first-order valence-electron chi connectivity index (χ1n) is 6.65. The van der Waals surface area contributed by atoms with Gasteiger partial charge in [-0.1, -0.05) is 0 Å². The van der Waals surface area contributed by atoms with E-state index >= 15 is 0 Å². The van der Waals surface area contributed by atoms with Crippen molar-refractivity contribution in [3.8, 4) is 0 Å². The van der Waals surface area contributed by atoms with Crippen LogP contribution in [0.4, 0.5) is 0 Å². The molecule has 144 valence electrons. The summed E-state index contributed by atoms with van der Waals surface area (Å²) in [6, 6.07) is 0. The fourth-order valence-electron chi connectivity index (χ4n) is 0.939. The second kappa shape index (κ2) is 19.9. The molecule has 14 heteroatoms. The maximum absolute atomic E-state index is 10.7. The Kier molecular flexibility index (Phi) is 24.9. The molecule has 4 N–H and O–H groups in total. The molecule has 0 aliphatic rings. The van der Waals surface area contributed by atoms with E-state index in [4.69, 9.17) is 10.2 Å². The Morgan fingerprint density at radius 1 is 0.714 bits per heavy atom. The van der Waals surface area contributed by atoms with Gasteiger partial charge in [0.1, 0.15) is 13.1 Å². The molecule has 0 atom stereocenters. The minimum atomic E-state index is -1.47. The van der Waals surface area contributed by atoms with E-state index in [0.29, 0.717) is 0 Å². The van der Waals surface area contributed by atoms with E-state index in [1.165, 1.54) is 13.8 Å². The monoisotopic (exact) mass is 450 g/mol. The number of carboxylic acid groups (broad SMARTS) is 4. The summed E-state index contributed by atoms with van der Waals surface area (Å²) in [5, 5.41) is 40.4. The fraction of sp³-hybridized carbons (Fsp3) is 0.286. The van der Waals surface area contributed by atoms with Crippen LogP contribution in [0.5, 0.6) is 0 Å². The molecule has 0 aromatic heterocycles. The largest absolute Gasteiger partial charge is 1.00 e. The zero-order chi connectivity index (χ0) is 20.9. The maximum atomic E-state index is 10.7. The van der Waals surface area contributed by atoms with Crippen molar-refractivity contribution in [1.29, 1.82) is 0 Å². The van der Waals surface area contributed by atoms with E-state index in [0.717, 1.165) is 12.2 Å². The number of nitrogens with one attached hydrogen (secondary N) is 2. The summed E-state index contributed by atoms with van der Waals surface area (Å²) in [6.07, 6.45) is 1.52. The molecule has 0 bridgehead atoms. The normalized spacial score (nSPS) is 9.93. The van der Waals surface area contributed by atoms with Gasteiger partial charge in [-0.05, 0) is 25.0 Å². The van der Waals surface area contributed by atoms with Crippen molar-refractivity contribution < 1.29 is 152 Å². The third-order valence-electron chi connectivity index (χ3n) is 2.17. The number of aliphatic carboxylic acids is 4. The summed E-state index contributed by atoms with van der Waals surface area (Å²) in [5.74, 6) is -6.88. The molecule has 0 aromatic rings. The number of carbonyl (C=O) groups excluding carboxylic acids is 4. The minimum Gasteiger partial charge on any atom is -0.545 e. The van der Waals surface area contributed by atoms with Gasteiger partial charge in [0.25, 0.3) is 0 Å². The van der Waals surface area contributed by atoms with Crippen LogP contribution in [0.25, 0.3) is 0 Å². The Morgan fingerprint density at radius 3 is 1.14 bits per heavy atom. The SMILES string of the molecule is C/C(=C/C(=O)NCC(=O)O)C(=O)[O-].C/C(=C/C(=O)NCC(=O)O)C(=O)[O-].[K+].[K+]. The van der Waals surface area contributed by atoms with E-state index < -0.39 is 48.8 Å². The van der Waals surface area contributed by atoms with E-state index in [9.17, 15) is 39.0 Å². The average Bonchev–Trinajstić information content (AvgIpc) is 2.51. The third-order valence-corrected chi connectivity index (χ3v) is 2.17. The topological polar surface area (TPSA) is 213 Å². The molecule has 0 aliphatic heterocycles. The molecule has 28 heavy (non-hydrogen) atoms. The molecular formula is C14H16K2N2O10. The van der Waals surface area contributed by atoms with Crippen LogP contribution < -0.4 is 124 Å². The van der Waals surface area contributed by atoms with Crippen molar-refractivity contribution >= 4 is 35.7 Å². The van der Waals surface area contributed by atoms with Gasteiger partial charge in [-0.2, -0.15) is 0 Å². The number of hydrogen-bond acceptors (Lipinski definition) is 8. The van der Waals surface area contributed by atoms with E-state index in [-0.39, 0.29) is 114 Å². The summed E-state index contributed by atoms with van der Waals surface area (Å²) >= 11 is 0. The molecule has 0 rings (SSSR count). The van der Waals surface area contributed by atoms with Crippen LogP contribution >= 0.6 is 0 Å². The first kappa shape index (κ1) is 35.0. The Labute approximate surface area is 244 Å². The summed E-state index contributed by atoms with van der Waals surface area (Å²) in [4.78, 5) is 61.6. The Bertz CT molecular complexity index is 603. The Morgan fingerprint density at radius 2 is 0.964 bits per heavy atom. The van der Waals surface area contributed by atoms with Crippen molar-refractivity contribution in [1.82, 2.24) is 10.6 Å². The first-order chi connectivity index (χ1) is 11.9. The Hall–Kier alpha value is -0.427. The van der Waals surface area contributed by atoms with Gasteiger partial charge in [0.2, 0.25) is 11.8 Å². The molecule has 0 spiro atoms. The third kappa shape index (κ3) is 23.6. The zero-order valence-corrected chi connectivity index (χ0v) is 22.0. The van der Waals surface area contributed by atoms with Crippen LogP contribution in [0.2, 0.25) is 0 Å². The van der Waals surface area contributed by atoms with Crippen molar-refractivity contribution in [2.24, 2.45) is 0 Å². The maximum Gasteiger partial charge on any atom is 1.00 e. The van der Waals surface area contributed by atoms with Crippen molar-refractivity contribution in [2.75, 3.05) is 13.1 Å². The summed E-state index contributed by atoms with van der Waals surface area (Å²) in [7, 11) is 0. The standard InChI is InChI=1S/2C7H9NO5.2K/c2*1-4(7(12)13)2-5(9)8-3-6(10)11;;/h2*2H,3H2,1H3,(H,8,9)(H,10,11)(H,12,13);;/q;;2*+1/p-2/b2*4-2-;;. The molecular weight excluding hydrogens is 434 g/mol. The summed E-state index contributed by atoms with van der Waals surface area (Å²) in [6.45, 7) is 1.26. The van der Waals surface area contributed by atoms with Crippen LogP contribution in [0, 0.1) is 0 Å². The van der Waals surface area contributed by atoms with Crippen LogP contribution in [-0.4, -0.2) is 59.0 Å². The van der Waals surface area contributed by atoms with Gasteiger partial charge in [0.15, 0.2) is 0 Å². The van der Waals surface area contributed by atoms with Gasteiger partial charge < -0.3 is 40.6 Å². The smallest absolute Gasteiger partial charge is 0.545 e. The molecule has 0 unspecified atom stereocenters. The number of hydrogen-bond donors (Lipinski definition) is 4. The second-order valence-electron chi connectivity index (χ2n) is 4.45. The van der Waals surface area contributed by atoms with Crippen molar-refractivity contribution in [3.63, 3.8) is 0 Å². The van der Waals surface area contributed by atoms with Gasteiger partial charge in [0, 0.05) is 12.2 Å². The van der Waals surface area contributed by atoms with Crippen LogP contribution in [0.1, 0.15) is 13.8 Å². The fourth-order valence-corrected chi connectivity index (χ4v) is 0.939. The van der Waals surface area contributed by atoms with Crippen molar-refractivity contribution in [3.05, 3.63) is 23.3 Å². The van der Waals surface area contributed by atoms with Crippen LogP contribution in [0.15, 0.2) is 23.3 Å². The zero-order valence-electron chi connectivity index (χ0n) is 15.7. The van der Waals surface area contributed by atoms with Gasteiger partial charge in [0.05, 0.1) is 11.9 Å². The molecule has 2 amide bonds. The van der Waals surface area contributed by atoms with Gasteiger partial charge in [-0.25, -0.2) is 0 Å². The van der Waals surface area contributed by atoms with E-state index in [2.05, 4.69) is 0 Å². The molecule has 0 aromatic carbocycles. The summed E-state index contributed by atoms with van der Waals surface area (Å²) < 4.78 is 0. The van der Waals surface area contributed by atoms with Gasteiger partial charge >= 0.3 is 115 Å². The number of rotatable bonds is 8. The van der Waals surface area contributed by atoms with E-state index in [1.807, 2.05) is 10.6 Å². The molecule has 0 heterocycles. The van der Waals surface area contributed by atoms with Gasteiger partial charge in [-0.3, -0.25) is 19.2 Å². The number of carbonyl (C=O) groups is 6. The molecule has 0 saturated carbocycles. The Balaban J connectivity index is -0.000000192. The molecule has 0 radical (unpaired) electrons. The average molecular weight is 450 g/mol. The summed E-state index contributed by atoms with van der Waals surface area (Å²) in [5.41, 5.74) is -0.522. The first-order valence-corrected chi connectivity index (χ1v) is 6.65. The molecule has 0 saturated heterocycles. The van der Waals surface area contributed by atoms with Crippen LogP contribution in [-0.2, 0) is 28.8 Å². The predicted octanol–water partition coefficient (Wildman–Crippen LogP) is -10.2. The van der Waals surface area contributed by atoms with E-state index in [1.54, 1.807) is 0 Å². The minimum absolute atomic E-state index is 0. The van der Waals surface area contributed by atoms with Gasteiger partial charge in [-0.15, -0.1) is 0 Å². The number of amides is 2. The molecule has 12 nitrogen and oxygen atoms in total. The number of carboxylic acids is 4. The second-order valence-corrected chi connectivity index (χ2v) is 4.45. The van der Waals surface area contributed by atoms with Crippen LogP contribution in [0.3, 0.4) is 0 Å².